The van der Waals surface area contributed by atoms with Gasteiger partial charge in [0.1, 0.15) is 17.7 Å². The van der Waals surface area contributed by atoms with Crippen molar-refractivity contribution in [1.82, 2.24) is 35.5 Å². The number of H-pyrrole nitrogens is 2. The lowest BCUT2D eigenvalue weighted by molar-refractivity contribution is -0.138. The van der Waals surface area contributed by atoms with Crippen LogP contribution >= 0.6 is 0 Å². The summed E-state index contributed by atoms with van der Waals surface area (Å²) in [5.41, 5.74) is 6.35. The summed E-state index contributed by atoms with van der Waals surface area (Å²) in [6.07, 6.45) is 8.85. The van der Waals surface area contributed by atoms with Gasteiger partial charge in [0.05, 0.1) is 42.1 Å². The van der Waals surface area contributed by atoms with Crippen LogP contribution in [0.1, 0.15) is 82.5 Å². The molecule has 2 amide bonds. The molecule has 0 radical (unpaired) electrons. The molecule has 10 nitrogen and oxygen atoms in total. The first-order chi connectivity index (χ1) is 23.9. The van der Waals surface area contributed by atoms with Crippen molar-refractivity contribution in [3.8, 4) is 22.4 Å². The van der Waals surface area contributed by atoms with Crippen molar-refractivity contribution in [3.05, 3.63) is 72.4 Å². The highest BCUT2D eigenvalue weighted by atomic mass is 16.5. The average molecular weight is 660 g/mol. The standard InChI is InChI=1S/C39H45N7O3/c1-22(2)35(45-39(48)49-3)38(47)46-33-9-5-4-7-28(33)20-34(46)37-41-21-32(44-37)27-13-12-23-17-24(10-11-25(23)18-27)26-14-15-29-31(19-26)43-36(42-29)30-8-6-16-40-30/h10-15,17-19,21-22,28,30,33-35,40H,4-9,16,20H2,1-3H3,(H,41,44)(H,42,43)(H,45,48)/t28-,30-,33-,34-,35-/m0/s1. The lowest BCUT2D eigenvalue weighted by Crippen LogP contribution is -2.53. The molecule has 0 spiro atoms. The summed E-state index contributed by atoms with van der Waals surface area (Å²) >= 11 is 0. The topological polar surface area (TPSA) is 128 Å². The Morgan fingerprint density at radius 3 is 2.43 bits per heavy atom. The number of carbonyl (C=O) groups excluding carboxylic acids is 2. The molecule has 3 aromatic carbocycles. The molecule has 5 aromatic rings. The number of methoxy groups -OCH3 is 1. The van der Waals surface area contributed by atoms with E-state index in [4.69, 9.17) is 14.7 Å². The number of hydrogen-bond donors (Lipinski definition) is 4. The van der Waals surface area contributed by atoms with Crippen LogP contribution in [0.2, 0.25) is 0 Å². The molecule has 4 heterocycles. The number of imidazole rings is 2. The molecule has 3 fully saturated rings. The van der Waals surface area contributed by atoms with E-state index in [-0.39, 0.29) is 23.9 Å². The molecule has 3 aliphatic rings. The van der Waals surface area contributed by atoms with E-state index >= 15 is 0 Å². The van der Waals surface area contributed by atoms with E-state index in [0.29, 0.717) is 12.0 Å². The molecule has 5 atom stereocenters. The van der Waals surface area contributed by atoms with Crippen LogP contribution in [0.15, 0.2) is 60.8 Å². The van der Waals surface area contributed by atoms with E-state index in [0.717, 1.165) is 94.5 Å². The number of ether oxygens (including phenoxy) is 1. The van der Waals surface area contributed by atoms with Crippen molar-refractivity contribution in [2.24, 2.45) is 11.8 Å². The fraction of sp³-hybridized carbons (Fsp3) is 0.436. The Balaban J connectivity index is 1.05. The second kappa shape index (κ2) is 13.0. The Hall–Kier alpha value is -4.70. The van der Waals surface area contributed by atoms with Gasteiger partial charge in [0.15, 0.2) is 0 Å². The van der Waals surface area contributed by atoms with Crippen LogP contribution in [0, 0.1) is 11.8 Å². The van der Waals surface area contributed by atoms with Gasteiger partial charge in [-0.1, -0.05) is 57.0 Å². The summed E-state index contributed by atoms with van der Waals surface area (Å²) in [5.74, 6) is 2.11. The highest BCUT2D eigenvalue weighted by Crippen LogP contribution is 2.46. The van der Waals surface area contributed by atoms with Crippen molar-refractivity contribution in [2.75, 3.05) is 13.7 Å². The first-order valence-corrected chi connectivity index (χ1v) is 17.9. The number of nitrogens with zero attached hydrogens (tertiary/aromatic N) is 3. The molecule has 4 N–H and O–H groups in total. The molecule has 0 bridgehead atoms. The summed E-state index contributed by atoms with van der Waals surface area (Å²) in [7, 11) is 1.33. The maximum absolute atomic E-state index is 14.2. The SMILES string of the molecule is COC(=O)N[C@H](C(=O)N1[C@H](c2ncc(-c3ccc4cc(-c5ccc6nc([C@@H]7CCCN7)[nH]c6c5)ccc4c3)[nH]2)C[C@@H]2CCCC[C@@H]21)C(C)C. The molecule has 2 aromatic heterocycles. The van der Waals surface area contributed by atoms with Crippen LogP contribution in [0.25, 0.3) is 44.2 Å². The summed E-state index contributed by atoms with van der Waals surface area (Å²) in [4.78, 5) is 45.2. The number of aromatic nitrogens is 4. The highest BCUT2D eigenvalue weighted by molar-refractivity contribution is 5.92. The van der Waals surface area contributed by atoms with Gasteiger partial charge in [-0.25, -0.2) is 14.8 Å². The highest BCUT2D eigenvalue weighted by Gasteiger charge is 2.48. The first-order valence-electron chi connectivity index (χ1n) is 17.9. The van der Waals surface area contributed by atoms with Crippen molar-refractivity contribution >= 4 is 33.8 Å². The van der Waals surface area contributed by atoms with Crippen LogP contribution < -0.4 is 10.6 Å². The van der Waals surface area contributed by atoms with Gasteiger partial charge in [-0.15, -0.1) is 0 Å². The average Bonchev–Trinajstić information content (AvgIpc) is 3.94. The van der Waals surface area contributed by atoms with Crippen molar-refractivity contribution < 1.29 is 14.3 Å². The second-order valence-electron chi connectivity index (χ2n) is 14.4. The van der Waals surface area contributed by atoms with Crippen molar-refractivity contribution in [1.29, 1.82) is 0 Å². The van der Waals surface area contributed by atoms with Gasteiger partial charge in [-0.2, -0.15) is 0 Å². The molecule has 49 heavy (non-hydrogen) atoms. The van der Waals surface area contributed by atoms with Gasteiger partial charge in [-0.3, -0.25) is 4.79 Å². The van der Waals surface area contributed by atoms with Crippen LogP contribution in [0.4, 0.5) is 4.79 Å². The monoisotopic (exact) mass is 659 g/mol. The number of carbonyl (C=O) groups is 2. The predicted molar refractivity (Wildman–Crippen MR) is 191 cm³/mol. The first kappa shape index (κ1) is 31.6. The van der Waals surface area contributed by atoms with E-state index in [1.165, 1.54) is 20.0 Å². The zero-order valence-electron chi connectivity index (χ0n) is 28.5. The molecule has 2 saturated heterocycles. The quantitative estimate of drug-likeness (QED) is 0.144. The number of alkyl carbamates (subject to hydrolysis) is 1. The molecule has 8 rings (SSSR count). The number of fused-ring (bicyclic) bond motifs is 3. The van der Waals surface area contributed by atoms with Gasteiger partial charge in [0.25, 0.3) is 0 Å². The van der Waals surface area contributed by atoms with Gasteiger partial charge in [0.2, 0.25) is 5.91 Å². The zero-order valence-corrected chi connectivity index (χ0v) is 28.5. The Bertz CT molecular complexity index is 2010. The molecular weight excluding hydrogens is 614 g/mol. The molecule has 1 saturated carbocycles. The minimum Gasteiger partial charge on any atom is -0.453 e. The molecule has 2 aliphatic heterocycles. The van der Waals surface area contributed by atoms with E-state index in [1.807, 2.05) is 24.9 Å². The zero-order chi connectivity index (χ0) is 33.6. The van der Waals surface area contributed by atoms with Crippen LogP contribution in [0.3, 0.4) is 0 Å². The molecular formula is C39H45N7O3. The normalized spacial score (nSPS) is 22.9. The minimum absolute atomic E-state index is 0.0581. The third kappa shape index (κ3) is 5.96. The van der Waals surface area contributed by atoms with Gasteiger partial charge in [-0.05, 0) is 96.6 Å². The largest absolute Gasteiger partial charge is 0.453 e. The summed E-state index contributed by atoms with van der Waals surface area (Å²) in [6, 6.07) is 19.2. The van der Waals surface area contributed by atoms with Crippen LogP contribution in [0.5, 0.6) is 0 Å². The minimum atomic E-state index is -0.663. The fourth-order valence-corrected chi connectivity index (χ4v) is 8.42. The fourth-order valence-electron chi connectivity index (χ4n) is 8.42. The number of aromatic amines is 2. The predicted octanol–water partition coefficient (Wildman–Crippen LogP) is 7.41. The molecule has 0 unspecified atom stereocenters. The number of benzene rings is 3. The Labute approximate surface area is 286 Å². The van der Waals surface area contributed by atoms with E-state index in [2.05, 4.69) is 75.2 Å². The number of likely N-dealkylation sites (tertiary alicyclic amines) is 1. The maximum Gasteiger partial charge on any atom is 0.407 e. The van der Waals surface area contributed by atoms with Crippen LogP contribution in [-0.2, 0) is 9.53 Å². The Kier molecular flexibility index (Phi) is 8.35. The number of nitrogens with one attached hydrogen (secondary N) is 4. The molecule has 1 aliphatic carbocycles. The van der Waals surface area contributed by atoms with Gasteiger partial charge in [0, 0.05) is 11.6 Å². The van der Waals surface area contributed by atoms with Gasteiger partial charge >= 0.3 is 6.09 Å². The number of rotatable bonds is 7. The summed E-state index contributed by atoms with van der Waals surface area (Å²) < 4.78 is 4.86. The Morgan fingerprint density at radius 1 is 0.898 bits per heavy atom. The Morgan fingerprint density at radius 2 is 1.65 bits per heavy atom. The molecule has 254 valence electrons. The molecule has 10 heteroatoms. The maximum atomic E-state index is 14.2. The lowest BCUT2D eigenvalue weighted by atomic mass is 9.84. The van der Waals surface area contributed by atoms with Crippen molar-refractivity contribution in [3.63, 3.8) is 0 Å². The number of amides is 2. The van der Waals surface area contributed by atoms with E-state index in [9.17, 15) is 9.59 Å². The third-order valence-electron chi connectivity index (χ3n) is 11.0. The van der Waals surface area contributed by atoms with Crippen LogP contribution in [-0.4, -0.2) is 62.6 Å². The van der Waals surface area contributed by atoms with Crippen molar-refractivity contribution in [2.45, 2.75) is 83.0 Å². The summed E-state index contributed by atoms with van der Waals surface area (Å²) in [5, 5.41) is 8.64. The van der Waals surface area contributed by atoms with E-state index < -0.39 is 12.1 Å². The summed E-state index contributed by atoms with van der Waals surface area (Å²) in [6.45, 7) is 4.96. The smallest absolute Gasteiger partial charge is 0.407 e. The third-order valence-corrected chi connectivity index (χ3v) is 11.0. The lowest BCUT2D eigenvalue weighted by Gasteiger charge is -2.36. The number of hydrogen-bond acceptors (Lipinski definition) is 6. The van der Waals surface area contributed by atoms with E-state index in [1.54, 1.807) is 0 Å². The van der Waals surface area contributed by atoms with Gasteiger partial charge < -0.3 is 30.2 Å². The second-order valence-corrected chi connectivity index (χ2v) is 14.4.